The number of hydrogen-bond donors (Lipinski definition) is 0. The Labute approximate surface area is 154 Å². The average molecular weight is 344 g/mol. The summed E-state index contributed by atoms with van der Waals surface area (Å²) in [5.74, 6) is 0.941. The van der Waals surface area contributed by atoms with E-state index < -0.39 is 0 Å². The second-order valence-corrected chi connectivity index (χ2v) is 6.87. The van der Waals surface area contributed by atoms with E-state index in [4.69, 9.17) is 0 Å². The molecule has 4 nitrogen and oxygen atoms in total. The maximum Gasteiger partial charge on any atom is 0.159 e. The van der Waals surface area contributed by atoms with Crippen LogP contribution in [0.4, 0.5) is 0 Å². The van der Waals surface area contributed by atoms with E-state index in [1.54, 1.807) is 12.4 Å². The highest BCUT2D eigenvalue weighted by Crippen LogP contribution is 2.16. The van der Waals surface area contributed by atoms with Gasteiger partial charge >= 0.3 is 0 Å². The lowest BCUT2D eigenvalue weighted by Gasteiger charge is -2.04. The van der Waals surface area contributed by atoms with Crippen molar-refractivity contribution >= 4 is 22.1 Å². The largest absolute Gasteiger partial charge is 0.255 e. The molecule has 4 heteroatoms. The van der Waals surface area contributed by atoms with Gasteiger partial charge in [-0.3, -0.25) is 9.97 Å². The van der Waals surface area contributed by atoms with Crippen molar-refractivity contribution in [3.05, 3.63) is 72.3 Å². The van der Waals surface area contributed by atoms with Crippen LogP contribution in [0.25, 0.3) is 22.1 Å². The number of fused-ring (bicyclic) bond motifs is 2. The topological polar surface area (TPSA) is 51.6 Å². The molecular weight excluding hydrogens is 320 g/mol. The van der Waals surface area contributed by atoms with E-state index in [0.29, 0.717) is 11.8 Å². The van der Waals surface area contributed by atoms with Gasteiger partial charge in [0.1, 0.15) is 0 Å². The van der Waals surface area contributed by atoms with E-state index >= 15 is 0 Å². The van der Waals surface area contributed by atoms with Gasteiger partial charge < -0.3 is 0 Å². The highest BCUT2D eigenvalue weighted by atomic mass is 14.8. The molecule has 26 heavy (non-hydrogen) atoms. The van der Waals surface area contributed by atoms with E-state index in [-0.39, 0.29) is 0 Å². The molecule has 0 saturated heterocycles. The van der Waals surface area contributed by atoms with Gasteiger partial charge in [-0.2, -0.15) is 0 Å². The van der Waals surface area contributed by atoms with Gasteiger partial charge in [0.05, 0.1) is 11.0 Å². The van der Waals surface area contributed by atoms with Crippen LogP contribution in [0.3, 0.4) is 0 Å². The SMILES string of the molecule is CC(C)c1ccc2cccnc2n1.CC(C)c1ccc2ncccc2n1. The van der Waals surface area contributed by atoms with Crippen LogP contribution < -0.4 is 0 Å². The summed E-state index contributed by atoms with van der Waals surface area (Å²) >= 11 is 0. The Balaban J connectivity index is 0.000000151. The first-order chi connectivity index (χ1) is 12.5. The third-order valence-electron chi connectivity index (χ3n) is 4.15. The lowest BCUT2D eigenvalue weighted by atomic mass is 10.1. The predicted molar refractivity (Wildman–Crippen MR) is 107 cm³/mol. The zero-order chi connectivity index (χ0) is 18.5. The minimum atomic E-state index is 0.464. The second kappa shape index (κ2) is 8.00. The number of nitrogens with zero attached hydrogens (tertiary/aromatic N) is 4. The highest BCUT2D eigenvalue weighted by Gasteiger charge is 2.02. The Bertz CT molecular complexity index is 925. The first-order valence-electron chi connectivity index (χ1n) is 8.98. The maximum atomic E-state index is 4.51. The molecule has 0 aliphatic rings. The molecule has 4 heterocycles. The molecule has 0 aliphatic heterocycles. The van der Waals surface area contributed by atoms with Crippen LogP contribution in [-0.2, 0) is 0 Å². The molecule has 4 aromatic rings. The molecule has 0 bridgehead atoms. The fourth-order valence-corrected chi connectivity index (χ4v) is 2.58. The van der Waals surface area contributed by atoms with E-state index in [9.17, 15) is 0 Å². The summed E-state index contributed by atoms with van der Waals surface area (Å²) in [6.07, 6.45) is 3.57. The number of pyridine rings is 4. The molecule has 0 N–H and O–H groups in total. The van der Waals surface area contributed by atoms with Gasteiger partial charge in [-0.1, -0.05) is 27.7 Å². The third-order valence-corrected chi connectivity index (χ3v) is 4.15. The Morgan fingerprint density at radius 2 is 1.27 bits per heavy atom. The first kappa shape index (κ1) is 17.9. The fraction of sp³-hybridized carbons (Fsp3) is 0.273. The van der Waals surface area contributed by atoms with Crippen molar-refractivity contribution in [3.63, 3.8) is 0 Å². The molecule has 4 rings (SSSR count). The van der Waals surface area contributed by atoms with Gasteiger partial charge in [-0.05, 0) is 60.4 Å². The summed E-state index contributed by atoms with van der Waals surface area (Å²) in [7, 11) is 0. The minimum Gasteiger partial charge on any atom is -0.255 e. The molecule has 0 unspecified atom stereocenters. The zero-order valence-corrected chi connectivity index (χ0v) is 15.7. The van der Waals surface area contributed by atoms with Gasteiger partial charge in [0, 0.05) is 29.2 Å². The van der Waals surface area contributed by atoms with Gasteiger partial charge in [-0.15, -0.1) is 0 Å². The number of rotatable bonds is 2. The van der Waals surface area contributed by atoms with Gasteiger partial charge in [0.2, 0.25) is 0 Å². The summed E-state index contributed by atoms with van der Waals surface area (Å²) in [6, 6.07) is 16.1. The molecule has 4 aromatic heterocycles. The second-order valence-electron chi connectivity index (χ2n) is 6.87. The van der Waals surface area contributed by atoms with Crippen LogP contribution in [0.2, 0.25) is 0 Å². The van der Waals surface area contributed by atoms with Gasteiger partial charge in [0.15, 0.2) is 5.65 Å². The van der Waals surface area contributed by atoms with E-state index in [1.807, 2.05) is 36.4 Å². The van der Waals surface area contributed by atoms with Crippen LogP contribution in [0.5, 0.6) is 0 Å². The van der Waals surface area contributed by atoms with Crippen molar-refractivity contribution in [2.75, 3.05) is 0 Å². The summed E-state index contributed by atoms with van der Waals surface area (Å²) < 4.78 is 0. The molecule has 0 saturated carbocycles. The zero-order valence-electron chi connectivity index (χ0n) is 15.7. The van der Waals surface area contributed by atoms with Crippen molar-refractivity contribution in [1.82, 2.24) is 19.9 Å². The van der Waals surface area contributed by atoms with Crippen molar-refractivity contribution < 1.29 is 0 Å². The lowest BCUT2D eigenvalue weighted by molar-refractivity contribution is 0.828. The van der Waals surface area contributed by atoms with E-state index in [2.05, 4.69) is 59.8 Å². The Morgan fingerprint density at radius 1 is 0.615 bits per heavy atom. The minimum absolute atomic E-state index is 0.464. The van der Waals surface area contributed by atoms with Crippen LogP contribution in [0.1, 0.15) is 50.9 Å². The summed E-state index contributed by atoms with van der Waals surface area (Å²) in [4.78, 5) is 17.4. The molecule has 0 amide bonds. The molecular formula is C22H24N4. The van der Waals surface area contributed by atoms with E-state index in [1.165, 1.54) is 0 Å². The average Bonchev–Trinajstić information content (AvgIpc) is 2.67. The molecule has 0 aromatic carbocycles. The summed E-state index contributed by atoms with van der Waals surface area (Å²) in [6.45, 7) is 8.56. The Kier molecular flexibility index (Phi) is 5.52. The van der Waals surface area contributed by atoms with Crippen molar-refractivity contribution in [1.29, 1.82) is 0 Å². The van der Waals surface area contributed by atoms with Crippen LogP contribution in [0.15, 0.2) is 60.9 Å². The quantitative estimate of drug-likeness (QED) is 0.481. The maximum absolute atomic E-state index is 4.51. The van der Waals surface area contributed by atoms with Crippen LogP contribution in [-0.4, -0.2) is 19.9 Å². The Morgan fingerprint density at radius 3 is 2.04 bits per heavy atom. The predicted octanol–water partition coefficient (Wildman–Crippen LogP) is 5.51. The number of aromatic nitrogens is 4. The van der Waals surface area contributed by atoms with Crippen LogP contribution in [0, 0.1) is 0 Å². The smallest absolute Gasteiger partial charge is 0.159 e. The van der Waals surface area contributed by atoms with E-state index in [0.717, 1.165) is 33.5 Å². The highest BCUT2D eigenvalue weighted by molar-refractivity contribution is 5.74. The molecule has 0 atom stereocenters. The molecule has 0 spiro atoms. The third kappa shape index (κ3) is 4.20. The molecule has 0 aliphatic carbocycles. The lowest BCUT2D eigenvalue weighted by Crippen LogP contribution is -1.93. The van der Waals surface area contributed by atoms with Gasteiger partial charge in [-0.25, -0.2) is 9.97 Å². The standard InChI is InChI=1S/2C11H12N2/c1-8(2)9-5-6-10-11(13-9)4-3-7-12-10;1-8(2)10-6-5-9-4-3-7-12-11(9)13-10/h2*3-8H,1-2H3. The molecule has 0 radical (unpaired) electrons. The van der Waals surface area contributed by atoms with Crippen LogP contribution >= 0.6 is 0 Å². The first-order valence-corrected chi connectivity index (χ1v) is 8.98. The van der Waals surface area contributed by atoms with Crippen molar-refractivity contribution in [2.24, 2.45) is 0 Å². The summed E-state index contributed by atoms with van der Waals surface area (Å²) in [5, 5.41) is 1.10. The van der Waals surface area contributed by atoms with Crippen molar-refractivity contribution in [2.45, 2.75) is 39.5 Å². The fourth-order valence-electron chi connectivity index (χ4n) is 2.58. The molecule has 0 fully saturated rings. The van der Waals surface area contributed by atoms with Crippen molar-refractivity contribution in [3.8, 4) is 0 Å². The summed E-state index contributed by atoms with van der Waals surface area (Å²) in [5.41, 5.74) is 5.01. The Hall–Kier alpha value is -2.88. The number of hydrogen-bond acceptors (Lipinski definition) is 4. The molecule has 132 valence electrons. The normalized spacial score (nSPS) is 11.0. The van der Waals surface area contributed by atoms with Gasteiger partial charge in [0.25, 0.3) is 0 Å². The monoisotopic (exact) mass is 344 g/mol.